The lowest BCUT2D eigenvalue weighted by Gasteiger charge is -2.62. The van der Waals surface area contributed by atoms with E-state index in [-0.39, 0.29) is 56.8 Å². The second-order valence-corrected chi connectivity index (χ2v) is 41.8. The molecule has 0 atom stereocenters. The first kappa shape index (κ1) is 91.8. The molecule has 0 heterocycles. The molecule has 31 rings (SSSR count). The molecule has 0 aromatic heterocycles. The molecule has 23 aromatic carbocycles. The van der Waals surface area contributed by atoms with Crippen LogP contribution < -0.4 is 0 Å². The van der Waals surface area contributed by atoms with E-state index in [9.17, 15) is 51.1 Å². The molecular formula is C140H106O10. The van der Waals surface area contributed by atoms with Crippen LogP contribution in [0.5, 0.6) is 57.5 Å². The maximum absolute atomic E-state index is 10.8. The van der Waals surface area contributed by atoms with Crippen LogP contribution in [0.15, 0.2) is 473 Å². The Labute approximate surface area is 869 Å². The topological polar surface area (TPSA) is 202 Å². The van der Waals surface area contributed by atoms with E-state index < -0.39 is 16.2 Å². The molecule has 0 spiro atoms. The third kappa shape index (κ3) is 14.3. The zero-order valence-electron chi connectivity index (χ0n) is 82.3. The molecule has 0 aliphatic heterocycles. The lowest BCUT2D eigenvalue weighted by molar-refractivity contribution is -0.0418. The molecule has 150 heavy (non-hydrogen) atoms. The van der Waals surface area contributed by atoms with Crippen LogP contribution in [0.4, 0.5) is 0 Å². The lowest BCUT2D eigenvalue weighted by Crippen LogP contribution is -2.56. The van der Waals surface area contributed by atoms with E-state index in [1.807, 2.05) is 121 Å². The largest absolute Gasteiger partial charge is 0.508 e. The highest BCUT2D eigenvalue weighted by Crippen LogP contribution is 2.67. The van der Waals surface area contributed by atoms with Gasteiger partial charge in [0.1, 0.15) is 57.5 Å². The standard InChI is InChI=1S/C33H22O2.C31H22O2.C29H20O2.C25H18O2.C22H24O2/c34-31-19-17-29(23-11-1-3-13-25(23)31)33(30-18-20-32(35)26-14-4-2-12-24(26)30)27-15-7-5-9-21(27)22-10-6-8-16-28(22)33;32-25-12-8-23(9-13-25)31(24-10-14-26(33)15-11-24)17-16-21-7-6-20-5-4-19-2-1-3-22-18-27(31)29(21)30(20)28(19)22;30-23-13-9-21(10-14-23)29(22-11-15-24(31)16-12-22)27-8-4-3-7-25(27)26-17-19-5-1-2-6-20(19)18-28(26)29;26-19-13-9-17(10-14-19)25(18-11-15-20(27)16-12-18)23-7-3-1-5-21(23)22-6-2-4-8-24(22)25;23-20-5-1-16(2-6-20)22(17-3-7-21(24)8-4-17)18-10-14-9-15(12-18)13-19(22)11-14/h1-20,34-35H;1-15,18,32-33H,16-17H2;1-18,30-31H;1-16,26-27H;1-8,14-15,18-19,23-24H,9-13H2. The van der Waals surface area contributed by atoms with Crippen molar-refractivity contribution in [3.05, 3.63) is 573 Å². The highest BCUT2D eigenvalue weighted by Gasteiger charge is 2.59. The van der Waals surface area contributed by atoms with Gasteiger partial charge in [0, 0.05) is 21.6 Å². The highest BCUT2D eigenvalue weighted by molar-refractivity contribution is 6.25. The number of hydrogen-bond donors (Lipinski definition) is 10. The number of fused-ring (bicyclic) bond motifs is 12. The Morgan fingerprint density at radius 1 is 0.180 bits per heavy atom. The monoisotopic (exact) mass is 1950 g/mol. The van der Waals surface area contributed by atoms with Gasteiger partial charge in [-0.15, -0.1) is 0 Å². The van der Waals surface area contributed by atoms with Gasteiger partial charge in [0.05, 0.1) is 16.2 Å². The van der Waals surface area contributed by atoms with Crippen molar-refractivity contribution in [3.63, 3.8) is 0 Å². The Kier molecular flexibility index (Phi) is 22.2. The average Bonchev–Trinajstić information content (AvgIpc) is 1.36. The number of rotatable bonds is 10. The van der Waals surface area contributed by atoms with Crippen LogP contribution >= 0.6 is 0 Å². The van der Waals surface area contributed by atoms with Crippen molar-refractivity contribution in [1.29, 1.82) is 0 Å². The van der Waals surface area contributed by atoms with Crippen LogP contribution in [0.25, 0.3) is 98.0 Å². The van der Waals surface area contributed by atoms with Crippen LogP contribution in [0.1, 0.15) is 139 Å². The molecule has 4 bridgehead atoms. The van der Waals surface area contributed by atoms with Crippen molar-refractivity contribution in [2.75, 3.05) is 0 Å². The normalized spacial score (nSPS) is 17.0. The van der Waals surface area contributed by atoms with E-state index in [2.05, 4.69) is 279 Å². The second-order valence-electron chi connectivity index (χ2n) is 41.8. The Bertz CT molecular complexity index is 8780. The number of aromatic hydroxyl groups is 10. The number of phenols is 10. The van der Waals surface area contributed by atoms with E-state index in [1.165, 1.54) is 164 Å². The summed E-state index contributed by atoms with van der Waals surface area (Å²) in [5.74, 6) is 5.94. The van der Waals surface area contributed by atoms with Gasteiger partial charge < -0.3 is 51.1 Å². The minimum atomic E-state index is -0.631. The van der Waals surface area contributed by atoms with Crippen molar-refractivity contribution in [1.82, 2.24) is 0 Å². The van der Waals surface area contributed by atoms with E-state index >= 15 is 0 Å². The van der Waals surface area contributed by atoms with E-state index in [0.29, 0.717) is 23.3 Å². The molecule has 8 aliphatic carbocycles. The molecule has 0 saturated heterocycles. The maximum Gasteiger partial charge on any atom is 0.123 e. The third-order valence-corrected chi connectivity index (χ3v) is 34.4. The summed E-state index contributed by atoms with van der Waals surface area (Å²) in [7, 11) is 0. The Hall–Kier alpha value is -18.1. The van der Waals surface area contributed by atoms with Crippen molar-refractivity contribution in [3.8, 4) is 90.9 Å². The van der Waals surface area contributed by atoms with E-state index in [4.69, 9.17) is 0 Å². The van der Waals surface area contributed by atoms with Gasteiger partial charge in [-0.25, -0.2) is 0 Å². The molecule has 726 valence electrons. The molecule has 4 fully saturated rings. The number of benzene rings is 23. The maximum atomic E-state index is 10.8. The lowest BCUT2D eigenvalue weighted by atomic mass is 9.42. The number of phenolic OH excluding ortho intramolecular Hbond substituents is 10. The molecular weight excluding hydrogens is 1840 g/mol. The second kappa shape index (κ2) is 36.2. The van der Waals surface area contributed by atoms with Crippen molar-refractivity contribution in [2.24, 2.45) is 23.7 Å². The first-order chi connectivity index (χ1) is 73.4. The number of hydrogen-bond acceptors (Lipinski definition) is 10. The summed E-state index contributed by atoms with van der Waals surface area (Å²) >= 11 is 0. The summed E-state index contributed by atoms with van der Waals surface area (Å²) < 4.78 is 0. The molecule has 10 heteroatoms. The van der Waals surface area contributed by atoms with Gasteiger partial charge in [-0.3, -0.25) is 0 Å². The summed E-state index contributed by atoms with van der Waals surface area (Å²) in [4.78, 5) is 0. The molecule has 10 N–H and O–H groups in total. The van der Waals surface area contributed by atoms with Crippen molar-refractivity contribution >= 4 is 64.6 Å². The number of aryl methyl sites for hydroxylation is 1. The first-order valence-corrected chi connectivity index (χ1v) is 51.9. The van der Waals surface area contributed by atoms with Gasteiger partial charge in [0.15, 0.2) is 0 Å². The smallest absolute Gasteiger partial charge is 0.123 e. The SMILES string of the molecule is Oc1ccc(C2(c3ccc(O)c4ccccc34)c3ccccc3-c3ccccc32)c2ccccc12.Oc1ccc(C2(c3ccc(O)cc3)C3CC4CC(C3)CC2C4)cc1.Oc1ccc(C2(c3ccc(O)cc3)CCc3ccc4ccc5cccc6cc2c3c4c56)cc1.Oc1ccc(C2(c3ccc(O)cc3)c3ccccc3-c3cc4ccccc4cc32)cc1.Oc1ccc(C2(c3ccc(O)cc3)c3ccccc3-c3ccccc32)cc1. The predicted molar refractivity (Wildman–Crippen MR) is 602 cm³/mol. The van der Waals surface area contributed by atoms with Crippen LogP contribution in [0.3, 0.4) is 0 Å². The highest BCUT2D eigenvalue weighted by atomic mass is 16.3. The van der Waals surface area contributed by atoms with E-state index in [1.54, 1.807) is 72.8 Å². The average molecular weight is 1950 g/mol. The molecule has 10 nitrogen and oxygen atoms in total. The molecule has 0 unspecified atom stereocenters. The summed E-state index contributed by atoms with van der Waals surface area (Å²) in [5.41, 5.74) is 26.8. The minimum Gasteiger partial charge on any atom is -0.508 e. The van der Waals surface area contributed by atoms with Crippen molar-refractivity contribution in [2.45, 2.75) is 72.0 Å². The summed E-state index contributed by atoms with van der Waals surface area (Å²) in [5, 5.41) is 115. The van der Waals surface area contributed by atoms with Crippen molar-refractivity contribution < 1.29 is 51.1 Å². The Morgan fingerprint density at radius 2 is 0.473 bits per heavy atom. The van der Waals surface area contributed by atoms with Crippen LogP contribution in [-0.2, 0) is 33.5 Å². The van der Waals surface area contributed by atoms with Crippen LogP contribution in [0.2, 0.25) is 0 Å². The van der Waals surface area contributed by atoms with Gasteiger partial charge in [-0.1, -0.05) is 346 Å². The predicted octanol–water partition coefficient (Wildman–Crippen LogP) is 32.0. The summed E-state index contributed by atoms with van der Waals surface area (Å²) in [6, 6.07) is 159. The fourth-order valence-corrected chi connectivity index (χ4v) is 28.5. The minimum absolute atomic E-state index is 0.0504. The molecule has 8 aliphatic rings. The van der Waals surface area contributed by atoms with Gasteiger partial charge in [-0.2, -0.15) is 0 Å². The van der Waals surface area contributed by atoms with Gasteiger partial charge >= 0.3 is 0 Å². The zero-order chi connectivity index (χ0) is 101. The molecule has 0 radical (unpaired) electrons. The van der Waals surface area contributed by atoms with Crippen LogP contribution in [0, 0.1) is 23.7 Å². The Morgan fingerprint density at radius 3 is 0.867 bits per heavy atom. The quantitative estimate of drug-likeness (QED) is 0.0587. The fraction of sp³-hybridized carbons (Fsp3) is 0.114. The van der Waals surface area contributed by atoms with Crippen LogP contribution in [-0.4, -0.2) is 51.1 Å². The Balaban J connectivity index is 0.0000000951. The van der Waals surface area contributed by atoms with E-state index in [0.717, 1.165) is 90.7 Å². The van der Waals surface area contributed by atoms with Gasteiger partial charge in [-0.05, 0) is 383 Å². The summed E-state index contributed by atoms with van der Waals surface area (Å²) in [6.45, 7) is 0. The molecule has 23 aromatic rings. The molecule has 4 saturated carbocycles. The zero-order valence-corrected chi connectivity index (χ0v) is 82.3. The molecule has 0 amide bonds. The van der Waals surface area contributed by atoms with Gasteiger partial charge in [0.25, 0.3) is 0 Å². The fourth-order valence-electron chi connectivity index (χ4n) is 28.5. The summed E-state index contributed by atoms with van der Waals surface area (Å²) in [6.07, 6.45) is 8.63. The third-order valence-electron chi connectivity index (χ3n) is 34.4. The first-order valence-electron chi connectivity index (χ1n) is 51.9. The van der Waals surface area contributed by atoms with Gasteiger partial charge in [0.2, 0.25) is 0 Å².